The summed E-state index contributed by atoms with van der Waals surface area (Å²) in [4.78, 5) is 12.8. The molecule has 6 heteroatoms. The smallest absolute Gasteiger partial charge is 0.245 e. The van der Waals surface area contributed by atoms with Crippen molar-refractivity contribution >= 4 is 38.1 Å². The Morgan fingerprint density at radius 1 is 0.964 bits per heavy atom. The van der Waals surface area contributed by atoms with Gasteiger partial charge in [0.05, 0.1) is 11.9 Å². The zero-order valence-electron chi connectivity index (χ0n) is 16.5. The summed E-state index contributed by atoms with van der Waals surface area (Å²) in [5.74, 6) is -0.388. The number of anilines is 2. The van der Waals surface area contributed by atoms with E-state index in [4.69, 9.17) is 0 Å². The van der Waals surface area contributed by atoms with Crippen molar-refractivity contribution in [2.24, 2.45) is 0 Å². The Bertz CT molecular complexity index is 1130. The van der Waals surface area contributed by atoms with Crippen molar-refractivity contribution in [1.29, 1.82) is 0 Å². The fraction of sp³-hybridized carbons (Fsp3) is 0.227. The molecule has 0 aliphatic rings. The molecule has 3 rings (SSSR count). The minimum absolute atomic E-state index is 0.285. The van der Waals surface area contributed by atoms with Crippen LogP contribution in [0.4, 0.5) is 11.4 Å². The third-order valence-corrected chi connectivity index (χ3v) is 5.75. The molecule has 0 saturated carbocycles. The first-order valence-electron chi connectivity index (χ1n) is 9.00. The maximum absolute atomic E-state index is 12.8. The van der Waals surface area contributed by atoms with Crippen LogP contribution in [0.1, 0.15) is 16.7 Å². The predicted molar refractivity (Wildman–Crippen MR) is 115 cm³/mol. The lowest BCUT2D eigenvalue weighted by Crippen LogP contribution is -2.38. The van der Waals surface area contributed by atoms with Crippen LogP contribution < -0.4 is 9.62 Å². The Labute approximate surface area is 166 Å². The van der Waals surface area contributed by atoms with E-state index in [-0.39, 0.29) is 12.5 Å². The lowest BCUT2D eigenvalue weighted by Gasteiger charge is -2.26. The summed E-state index contributed by atoms with van der Waals surface area (Å²) in [5, 5.41) is 4.78. The van der Waals surface area contributed by atoms with Crippen molar-refractivity contribution in [2.75, 3.05) is 22.4 Å². The molecule has 5 nitrogen and oxygen atoms in total. The van der Waals surface area contributed by atoms with Crippen LogP contribution >= 0.6 is 0 Å². The Kier molecular flexibility index (Phi) is 5.42. The highest BCUT2D eigenvalue weighted by Gasteiger charge is 2.24. The fourth-order valence-corrected chi connectivity index (χ4v) is 4.55. The SMILES string of the molecule is Cc1cc(C)c(N(CC(=O)Nc2cccc3ccccc23)S(C)(=O)=O)c(C)c1. The first-order valence-corrected chi connectivity index (χ1v) is 10.8. The van der Waals surface area contributed by atoms with E-state index >= 15 is 0 Å². The number of fused-ring (bicyclic) bond motifs is 1. The Morgan fingerprint density at radius 2 is 1.57 bits per heavy atom. The van der Waals surface area contributed by atoms with Crippen molar-refractivity contribution in [3.8, 4) is 0 Å². The van der Waals surface area contributed by atoms with Crippen molar-refractivity contribution in [2.45, 2.75) is 20.8 Å². The van der Waals surface area contributed by atoms with E-state index in [9.17, 15) is 13.2 Å². The van der Waals surface area contributed by atoms with Crippen LogP contribution in [0.15, 0.2) is 54.6 Å². The maximum Gasteiger partial charge on any atom is 0.245 e. The second-order valence-corrected chi connectivity index (χ2v) is 9.00. The fourth-order valence-electron chi connectivity index (χ4n) is 3.58. The highest BCUT2D eigenvalue weighted by atomic mass is 32.2. The standard InChI is InChI=1S/C22H24N2O3S/c1-15-12-16(2)22(17(3)13-15)24(28(4,26)27)14-21(25)23-20-11-7-9-18-8-5-6-10-19(18)20/h5-13H,14H2,1-4H3,(H,23,25). The van der Waals surface area contributed by atoms with Crippen molar-refractivity contribution in [1.82, 2.24) is 0 Å². The average molecular weight is 397 g/mol. The summed E-state index contributed by atoms with van der Waals surface area (Å²) in [6, 6.07) is 17.2. The quantitative estimate of drug-likeness (QED) is 0.704. The summed E-state index contributed by atoms with van der Waals surface area (Å²) >= 11 is 0. The molecule has 0 bridgehead atoms. The summed E-state index contributed by atoms with van der Waals surface area (Å²) in [6.45, 7) is 5.39. The molecular formula is C22H24N2O3S. The normalized spacial score (nSPS) is 11.4. The zero-order valence-corrected chi connectivity index (χ0v) is 17.3. The summed E-state index contributed by atoms with van der Waals surface area (Å²) in [7, 11) is -3.63. The number of hydrogen-bond acceptors (Lipinski definition) is 3. The van der Waals surface area contributed by atoms with Crippen LogP contribution in [0.5, 0.6) is 0 Å². The number of carbonyl (C=O) groups is 1. The van der Waals surface area contributed by atoms with E-state index in [1.165, 1.54) is 4.31 Å². The van der Waals surface area contributed by atoms with E-state index in [0.29, 0.717) is 11.4 Å². The van der Waals surface area contributed by atoms with Crippen LogP contribution in [-0.2, 0) is 14.8 Å². The van der Waals surface area contributed by atoms with Crippen LogP contribution in [0, 0.1) is 20.8 Å². The van der Waals surface area contributed by atoms with E-state index in [1.807, 2.05) is 75.4 Å². The van der Waals surface area contributed by atoms with Gasteiger partial charge in [0.2, 0.25) is 15.9 Å². The third-order valence-electron chi connectivity index (χ3n) is 4.64. The molecule has 1 N–H and O–H groups in total. The second kappa shape index (κ2) is 7.64. The Morgan fingerprint density at radius 3 is 2.21 bits per heavy atom. The van der Waals surface area contributed by atoms with Crippen molar-refractivity contribution in [3.63, 3.8) is 0 Å². The van der Waals surface area contributed by atoms with Gasteiger partial charge in [-0.25, -0.2) is 8.42 Å². The highest BCUT2D eigenvalue weighted by molar-refractivity contribution is 7.92. The van der Waals surface area contributed by atoms with E-state index in [1.54, 1.807) is 0 Å². The molecule has 0 unspecified atom stereocenters. The molecule has 3 aromatic rings. The molecule has 28 heavy (non-hydrogen) atoms. The molecule has 0 fully saturated rings. The van der Waals surface area contributed by atoms with Gasteiger partial charge in [0, 0.05) is 11.1 Å². The van der Waals surface area contributed by atoms with Crippen LogP contribution in [0.25, 0.3) is 10.8 Å². The van der Waals surface area contributed by atoms with Crippen LogP contribution in [0.3, 0.4) is 0 Å². The van der Waals surface area contributed by atoms with Crippen molar-refractivity contribution < 1.29 is 13.2 Å². The maximum atomic E-state index is 12.8. The number of nitrogens with one attached hydrogen (secondary N) is 1. The third kappa shape index (κ3) is 4.17. The molecule has 3 aromatic carbocycles. The van der Waals surface area contributed by atoms with Gasteiger partial charge in [0.1, 0.15) is 6.54 Å². The van der Waals surface area contributed by atoms with E-state index < -0.39 is 10.0 Å². The van der Waals surface area contributed by atoms with Gasteiger partial charge < -0.3 is 5.32 Å². The summed E-state index contributed by atoms with van der Waals surface area (Å²) in [6.07, 6.45) is 1.12. The molecule has 0 aliphatic heterocycles. The van der Waals surface area contributed by atoms with Gasteiger partial charge in [-0.05, 0) is 43.4 Å². The number of hydrogen-bond donors (Lipinski definition) is 1. The van der Waals surface area contributed by atoms with E-state index in [0.717, 1.165) is 33.7 Å². The monoisotopic (exact) mass is 396 g/mol. The van der Waals surface area contributed by atoms with Gasteiger partial charge in [-0.15, -0.1) is 0 Å². The molecule has 0 aliphatic carbocycles. The van der Waals surface area contributed by atoms with E-state index in [2.05, 4.69) is 5.32 Å². The summed E-state index contributed by atoms with van der Waals surface area (Å²) in [5.41, 5.74) is 3.91. The molecule has 146 valence electrons. The minimum atomic E-state index is -3.63. The number of amides is 1. The molecule has 0 heterocycles. The van der Waals surface area contributed by atoms with Gasteiger partial charge >= 0.3 is 0 Å². The number of sulfonamides is 1. The topological polar surface area (TPSA) is 66.5 Å². The molecule has 0 aromatic heterocycles. The first kappa shape index (κ1) is 19.9. The van der Waals surface area contributed by atoms with Gasteiger partial charge in [0.25, 0.3) is 0 Å². The van der Waals surface area contributed by atoms with Crippen LogP contribution in [-0.4, -0.2) is 27.1 Å². The highest BCUT2D eigenvalue weighted by Crippen LogP contribution is 2.28. The van der Waals surface area contributed by atoms with Crippen LogP contribution in [0.2, 0.25) is 0 Å². The molecule has 0 saturated heterocycles. The van der Waals surface area contributed by atoms with Crippen molar-refractivity contribution in [3.05, 3.63) is 71.3 Å². The number of aryl methyl sites for hydroxylation is 3. The summed E-state index contributed by atoms with van der Waals surface area (Å²) < 4.78 is 26.1. The number of carbonyl (C=O) groups excluding carboxylic acids is 1. The Balaban J connectivity index is 1.93. The number of nitrogens with zero attached hydrogens (tertiary/aromatic N) is 1. The Hall–Kier alpha value is -2.86. The second-order valence-electron chi connectivity index (χ2n) is 7.09. The first-order chi connectivity index (χ1) is 13.2. The van der Waals surface area contributed by atoms with Gasteiger partial charge in [-0.3, -0.25) is 9.10 Å². The lowest BCUT2D eigenvalue weighted by atomic mass is 10.1. The lowest BCUT2D eigenvalue weighted by molar-refractivity contribution is -0.114. The predicted octanol–water partition coefficient (Wildman–Crippen LogP) is 4.17. The largest absolute Gasteiger partial charge is 0.324 e. The minimum Gasteiger partial charge on any atom is -0.324 e. The number of rotatable bonds is 5. The number of benzene rings is 3. The van der Waals surface area contributed by atoms with Gasteiger partial charge in [0.15, 0.2) is 0 Å². The molecular weight excluding hydrogens is 372 g/mol. The van der Waals surface area contributed by atoms with Gasteiger partial charge in [-0.1, -0.05) is 54.1 Å². The molecule has 0 radical (unpaired) electrons. The molecule has 0 spiro atoms. The average Bonchev–Trinajstić information content (AvgIpc) is 2.59. The molecule has 0 atom stereocenters. The molecule has 1 amide bonds. The zero-order chi connectivity index (χ0) is 20.5. The van der Waals surface area contributed by atoms with Gasteiger partial charge in [-0.2, -0.15) is 0 Å².